The first-order valence-corrected chi connectivity index (χ1v) is 6.84. The highest BCUT2D eigenvalue weighted by molar-refractivity contribution is 6.30. The minimum Gasteiger partial charge on any atom is -0.384 e. The molecule has 2 aromatic rings. The zero-order valence-electron chi connectivity index (χ0n) is 10.9. The monoisotopic (exact) mass is 322 g/mol. The van der Waals surface area contributed by atoms with E-state index in [9.17, 15) is 4.79 Å². The predicted molar refractivity (Wildman–Crippen MR) is 83.6 cm³/mol. The van der Waals surface area contributed by atoms with Crippen LogP contribution in [0.3, 0.4) is 0 Å². The number of rotatable bonds is 4. The molecule has 2 rings (SSSR count). The van der Waals surface area contributed by atoms with Gasteiger partial charge >= 0.3 is 5.97 Å². The molecule has 2 aromatic carbocycles. The first-order chi connectivity index (χ1) is 10.0. The third-order valence-electron chi connectivity index (χ3n) is 2.62. The van der Waals surface area contributed by atoms with E-state index >= 15 is 0 Å². The average Bonchev–Trinajstić information content (AvgIpc) is 2.48. The first kappa shape index (κ1) is 15.4. The lowest BCUT2D eigenvalue weighted by Crippen LogP contribution is -2.16. The van der Waals surface area contributed by atoms with Gasteiger partial charge in [0, 0.05) is 16.5 Å². The number of nitrogens with zero attached hydrogens (tertiary/aromatic N) is 1. The Morgan fingerprint density at radius 2 is 1.52 bits per heavy atom. The summed E-state index contributed by atoms with van der Waals surface area (Å²) in [5, 5.41) is 4.80. The molecule has 0 aromatic heterocycles. The van der Waals surface area contributed by atoms with E-state index in [-0.39, 0.29) is 5.84 Å². The highest BCUT2D eigenvalue weighted by Gasteiger charge is 2.07. The quantitative estimate of drug-likeness (QED) is 0.404. The lowest BCUT2D eigenvalue weighted by molar-refractivity contribution is 0.0515. The molecule has 6 heteroatoms. The number of oxime groups is 1. The van der Waals surface area contributed by atoms with Crippen LogP contribution in [0, 0.1) is 0 Å². The van der Waals surface area contributed by atoms with Crippen molar-refractivity contribution in [3.8, 4) is 0 Å². The lowest BCUT2D eigenvalue weighted by atomic mass is 10.1. The Labute approximate surface area is 132 Å². The molecule has 0 radical (unpaired) electrons. The number of hydrogen-bond donors (Lipinski definition) is 1. The van der Waals surface area contributed by atoms with Crippen molar-refractivity contribution in [1.29, 1.82) is 0 Å². The SMILES string of the molecule is N/C(Cc1ccc(Cl)cc1)=N\OC(=O)c1ccc(Cl)cc1. The number of amidine groups is 1. The molecule has 0 saturated heterocycles. The number of halogens is 2. The van der Waals surface area contributed by atoms with E-state index in [2.05, 4.69) is 5.16 Å². The Balaban J connectivity index is 1.95. The summed E-state index contributed by atoms with van der Waals surface area (Å²) in [5.41, 5.74) is 6.98. The molecule has 0 aliphatic heterocycles. The summed E-state index contributed by atoms with van der Waals surface area (Å²) in [5.74, 6) is -0.398. The van der Waals surface area contributed by atoms with Crippen LogP contribution in [-0.4, -0.2) is 11.8 Å². The number of carbonyl (C=O) groups excluding carboxylic acids is 1. The predicted octanol–water partition coefficient (Wildman–Crippen LogP) is 3.67. The van der Waals surface area contributed by atoms with Crippen molar-refractivity contribution < 1.29 is 9.63 Å². The molecule has 0 heterocycles. The fourth-order valence-electron chi connectivity index (χ4n) is 1.58. The molecule has 108 valence electrons. The standard InChI is InChI=1S/C15H12Cl2N2O2/c16-12-5-1-10(2-6-12)9-14(18)19-21-15(20)11-3-7-13(17)8-4-11/h1-8H,9H2,(H2,18,19). The van der Waals surface area contributed by atoms with Gasteiger partial charge in [0.2, 0.25) is 0 Å². The van der Waals surface area contributed by atoms with Crippen LogP contribution in [0.15, 0.2) is 53.7 Å². The fourth-order valence-corrected chi connectivity index (χ4v) is 1.83. The van der Waals surface area contributed by atoms with Gasteiger partial charge in [0.1, 0.15) is 5.84 Å². The maximum absolute atomic E-state index is 11.7. The van der Waals surface area contributed by atoms with Crippen molar-refractivity contribution >= 4 is 35.0 Å². The minimum absolute atomic E-state index is 0.194. The number of hydrogen-bond acceptors (Lipinski definition) is 3. The smallest absolute Gasteiger partial charge is 0.365 e. The molecule has 0 saturated carbocycles. The van der Waals surface area contributed by atoms with Gasteiger partial charge in [-0.1, -0.05) is 40.5 Å². The van der Waals surface area contributed by atoms with E-state index in [0.29, 0.717) is 22.0 Å². The summed E-state index contributed by atoms with van der Waals surface area (Å²) in [4.78, 5) is 16.5. The maximum Gasteiger partial charge on any atom is 0.365 e. The summed E-state index contributed by atoms with van der Waals surface area (Å²) in [6.45, 7) is 0. The molecule has 0 bridgehead atoms. The molecule has 0 fully saturated rings. The van der Waals surface area contributed by atoms with Gasteiger partial charge in [-0.05, 0) is 42.0 Å². The van der Waals surface area contributed by atoms with Crippen LogP contribution in [0.2, 0.25) is 10.0 Å². The molecule has 21 heavy (non-hydrogen) atoms. The summed E-state index contributed by atoms with van der Waals surface area (Å²) in [7, 11) is 0. The Hall–Kier alpha value is -2.04. The molecule has 0 aliphatic carbocycles. The molecule has 0 atom stereocenters. The van der Waals surface area contributed by atoms with Crippen LogP contribution in [-0.2, 0) is 11.3 Å². The van der Waals surface area contributed by atoms with Crippen molar-refractivity contribution in [2.45, 2.75) is 6.42 Å². The number of carbonyl (C=O) groups is 1. The van der Waals surface area contributed by atoms with Gasteiger partial charge in [-0.15, -0.1) is 0 Å². The highest BCUT2D eigenvalue weighted by atomic mass is 35.5. The van der Waals surface area contributed by atoms with Gasteiger partial charge in [0.05, 0.1) is 5.56 Å². The van der Waals surface area contributed by atoms with Crippen molar-refractivity contribution in [2.75, 3.05) is 0 Å². The second-order valence-electron chi connectivity index (χ2n) is 4.27. The molecule has 0 unspecified atom stereocenters. The Bertz CT molecular complexity index is 652. The van der Waals surface area contributed by atoms with Crippen LogP contribution in [0.1, 0.15) is 15.9 Å². The molecular formula is C15H12Cl2N2O2. The molecule has 0 spiro atoms. The Kier molecular flexibility index (Phi) is 5.20. The Morgan fingerprint density at radius 3 is 2.10 bits per heavy atom. The van der Waals surface area contributed by atoms with Crippen molar-refractivity contribution in [3.63, 3.8) is 0 Å². The molecular weight excluding hydrogens is 311 g/mol. The zero-order chi connectivity index (χ0) is 15.2. The first-order valence-electron chi connectivity index (χ1n) is 6.08. The summed E-state index contributed by atoms with van der Waals surface area (Å²) >= 11 is 11.5. The molecule has 2 N–H and O–H groups in total. The lowest BCUT2D eigenvalue weighted by Gasteiger charge is -2.02. The highest BCUT2D eigenvalue weighted by Crippen LogP contribution is 2.11. The normalized spacial score (nSPS) is 11.2. The van der Waals surface area contributed by atoms with Crippen LogP contribution < -0.4 is 5.73 Å². The van der Waals surface area contributed by atoms with E-state index in [1.165, 1.54) is 0 Å². The second kappa shape index (κ2) is 7.11. The third-order valence-corrected chi connectivity index (χ3v) is 3.13. The molecule has 0 amide bonds. The van der Waals surface area contributed by atoms with Crippen molar-refractivity contribution in [2.24, 2.45) is 10.9 Å². The largest absolute Gasteiger partial charge is 0.384 e. The summed E-state index contributed by atoms with van der Waals surface area (Å²) < 4.78 is 0. The summed E-state index contributed by atoms with van der Waals surface area (Å²) in [6.07, 6.45) is 0.366. The topological polar surface area (TPSA) is 64.7 Å². The van der Waals surface area contributed by atoms with E-state index in [1.54, 1.807) is 36.4 Å². The van der Waals surface area contributed by atoms with Gasteiger partial charge in [-0.3, -0.25) is 0 Å². The van der Waals surface area contributed by atoms with Gasteiger partial charge in [-0.2, -0.15) is 0 Å². The van der Waals surface area contributed by atoms with Crippen molar-refractivity contribution in [3.05, 3.63) is 69.7 Å². The third kappa shape index (κ3) is 4.77. The Morgan fingerprint density at radius 1 is 1.00 bits per heavy atom. The van der Waals surface area contributed by atoms with Crippen molar-refractivity contribution in [1.82, 2.24) is 0 Å². The van der Waals surface area contributed by atoms with Gasteiger partial charge in [0.15, 0.2) is 0 Å². The second-order valence-corrected chi connectivity index (χ2v) is 5.14. The zero-order valence-corrected chi connectivity index (χ0v) is 12.4. The maximum atomic E-state index is 11.7. The van der Waals surface area contributed by atoms with E-state index in [4.69, 9.17) is 33.8 Å². The van der Waals surface area contributed by atoms with E-state index in [0.717, 1.165) is 5.56 Å². The van der Waals surface area contributed by atoms with Gasteiger partial charge in [-0.25, -0.2) is 4.79 Å². The van der Waals surface area contributed by atoms with Crippen LogP contribution in [0.25, 0.3) is 0 Å². The van der Waals surface area contributed by atoms with Gasteiger partial charge in [0.25, 0.3) is 0 Å². The van der Waals surface area contributed by atoms with Crippen LogP contribution in [0.5, 0.6) is 0 Å². The minimum atomic E-state index is -0.592. The molecule has 4 nitrogen and oxygen atoms in total. The van der Waals surface area contributed by atoms with Gasteiger partial charge < -0.3 is 10.6 Å². The number of benzene rings is 2. The van der Waals surface area contributed by atoms with E-state index < -0.39 is 5.97 Å². The fraction of sp³-hybridized carbons (Fsp3) is 0.0667. The average molecular weight is 323 g/mol. The number of nitrogens with two attached hydrogens (primary N) is 1. The summed E-state index contributed by atoms with van der Waals surface area (Å²) in [6, 6.07) is 13.5. The van der Waals surface area contributed by atoms with Crippen LogP contribution in [0.4, 0.5) is 0 Å². The molecule has 0 aliphatic rings. The van der Waals surface area contributed by atoms with Crippen LogP contribution >= 0.6 is 23.2 Å². The van der Waals surface area contributed by atoms with E-state index in [1.807, 2.05) is 12.1 Å².